The van der Waals surface area contributed by atoms with E-state index in [1.807, 2.05) is 60.0 Å². The van der Waals surface area contributed by atoms with E-state index >= 15 is 0 Å². The number of ether oxygens (including phenoxy) is 1. The van der Waals surface area contributed by atoms with Crippen LogP contribution >= 0.6 is 11.8 Å². The van der Waals surface area contributed by atoms with Crippen LogP contribution in [0.4, 0.5) is 0 Å². The van der Waals surface area contributed by atoms with Gasteiger partial charge in [-0.05, 0) is 31.2 Å². The Morgan fingerprint density at radius 1 is 1.16 bits per heavy atom. The zero-order chi connectivity index (χ0) is 17.6. The molecule has 1 atom stereocenters. The third-order valence-electron chi connectivity index (χ3n) is 3.83. The molecule has 5 nitrogen and oxygen atoms in total. The summed E-state index contributed by atoms with van der Waals surface area (Å²) < 4.78 is 7.70. The van der Waals surface area contributed by atoms with Crippen molar-refractivity contribution in [3.8, 4) is 5.75 Å². The molecule has 25 heavy (non-hydrogen) atoms. The SMILES string of the molecule is Cc1ccc(OCCSc2nc3ccccc3n2C[C@@H](O)CO)cc1. The first-order chi connectivity index (χ1) is 12.2. The molecule has 0 aliphatic rings. The maximum Gasteiger partial charge on any atom is 0.169 e. The highest BCUT2D eigenvalue weighted by molar-refractivity contribution is 7.99. The number of hydrogen-bond acceptors (Lipinski definition) is 5. The molecule has 0 saturated carbocycles. The van der Waals surface area contributed by atoms with Gasteiger partial charge in [0.25, 0.3) is 0 Å². The van der Waals surface area contributed by atoms with E-state index in [2.05, 4.69) is 4.98 Å². The van der Waals surface area contributed by atoms with Crippen molar-refractivity contribution in [1.29, 1.82) is 0 Å². The van der Waals surface area contributed by atoms with Gasteiger partial charge in [-0.15, -0.1) is 0 Å². The molecule has 0 radical (unpaired) electrons. The molecule has 0 amide bonds. The molecule has 0 fully saturated rings. The molecule has 132 valence electrons. The van der Waals surface area contributed by atoms with Gasteiger partial charge < -0.3 is 19.5 Å². The minimum atomic E-state index is -0.805. The molecule has 0 aliphatic carbocycles. The van der Waals surface area contributed by atoms with Crippen LogP contribution in [0.25, 0.3) is 11.0 Å². The molecular formula is C19H22N2O3S. The van der Waals surface area contributed by atoms with Gasteiger partial charge in [-0.3, -0.25) is 0 Å². The summed E-state index contributed by atoms with van der Waals surface area (Å²) in [4.78, 5) is 4.63. The quantitative estimate of drug-likeness (QED) is 0.479. The summed E-state index contributed by atoms with van der Waals surface area (Å²) in [6.07, 6.45) is -0.805. The third kappa shape index (κ3) is 4.54. The fourth-order valence-electron chi connectivity index (χ4n) is 2.54. The van der Waals surface area contributed by atoms with Crippen molar-refractivity contribution < 1.29 is 14.9 Å². The largest absolute Gasteiger partial charge is 0.493 e. The lowest BCUT2D eigenvalue weighted by Gasteiger charge is -2.12. The van der Waals surface area contributed by atoms with E-state index in [0.717, 1.165) is 27.7 Å². The van der Waals surface area contributed by atoms with Crippen molar-refractivity contribution in [3.05, 3.63) is 54.1 Å². The van der Waals surface area contributed by atoms with Crippen molar-refractivity contribution in [3.63, 3.8) is 0 Å². The first kappa shape index (κ1) is 17.8. The van der Waals surface area contributed by atoms with Crippen molar-refractivity contribution in [2.24, 2.45) is 0 Å². The lowest BCUT2D eigenvalue weighted by Crippen LogP contribution is -2.20. The van der Waals surface area contributed by atoms with Crippen LogP contribution in [0.2, 0.25) is 0 Å². The molecular weight excluding hydrogens is 336 g/mol. The third-order valence-corrected chi connectivity index (χ3v) is 4.77. The number of aromatic nitrogens is 2. The number of nitrogens with zero attached hydrogens (tertiary/aromatic N) is 2. The Morgan fingerprint density at radius 2 is 1.92 bits per heavy atom. The van der Waals surface area contributed by atoms with E-state index in [9.17, 15) is 5.11 Å². The van der Waals surface area contributed by atoms with Crippen LogP contribution in [-0.2, 0) is 6.54 Å². The van der Waals surface area contributed by atoms with Gasteiger partial charge in [-0.25, -0.2) is 4.98 Å². The fourth-order valence-corrected chi connectivity index (χ4v) is 3.38. The van der Waals surface area contributed by atoms with Gasteiger partial charge >= 0.3 is 0 Å². The second kappa shape index (κ2) is 8.38. The first-order valence-corrected chi connectivity index (χ1v) is 9.22. The molecule has 0 bridgehead atoms. The summed E-state index contributed by atoms with van der Waals surface area (Å²) >= 11 is 1.58. The number of benzene rings is 2. The predicted octanol–water partition coefficient (Wildman–Crippen LogP) is 2.87. The Kier molecular flexibility index (Phi) is 5.96. The Morgan fingerprint density at radius 3 is 2.68 bits per heavy atom. The molecule has 1 aromatic heterocycles. The molecule has 2 N–H and O–H groups in total. The van der Waals surface area contributed by atoms with Crippen LogP contribution in [0.3, 0.4) is 0 Å². The van der Waals surface area contributed by atoms with Gasteiger partial charge in [-0.2, -0.15) is 0 Å². The van der Waals surface area contributed by atoms with Crippen molar-refractivity contribution in [2.45, 2.75) is 24.7 Å². The number of thioether (sulfide) groups is 1. The Hall–Kier alpha value is -2.02. The molecule has 1 heterocycles. The Balaban J connectivity index is 1.65. The number of para-hydroxylation sites is 2. The van der Waals surface area contributed by atoms with Gasteiger partial charge in [0, 0.05) is 5.75 Å². The summed E-state index contributed by atoms with van der Waals surface area (Å²) in [5.41, 5.74) is 3.05. The zero-order valence-corrected chi connectivity index (χ0v) is 14.9. The van der Waals surface area contributed by atoms with Gasteiger partial charge in [0.05, 0.1) is 36.9 Å². The highest BCUT2D eigenvalue weighted by Gasteiger charge is 2.14. The molecule has 6 heteroatoms. The number of fused-ring (bicyclic) bond motifs is 1. The van der Waals surface area contributed by atoms with E-state index in [1.165, 1.54) is 5.56 Å². The van der Waals surface area contributed by atoms with Gasteiger partial charge in [0.15, 0.2) is 5.16 Å². The average molecular weight is 358 g/mol. The van der Waals surface area contributed by atoms with Gasteiger partial charge in [0.1, 0.15) is 5.75 Å². The minimum Gasteiger partial charge on any atom is -0.493 e. The lowest BCUT2D eigenvalue weighted by molar-refractivity contribution is 0.0802. The minimum absolute atomic E-state index is 0.271. The monoisotopic (exact) mass is 358 g/mol. The molecule has 0 unspecified atom stereocenters. The molecule has 3 rings (SSSR count). The molecule has 2 aromatic carbocycles. The maximum atomic E-state index is 9.82. The average Bonchev–Trinajstić information content (AvgIpc) is 2.98. The van der Waals surface area contributed by atoms with E-state index in [-0.39, 0.29) is 6.61 Å². The Labute approximate surface area is 151 Å². The van der Waals surface area contributed by atoms with E-state index < -0.39 is 6.10 Å². The van der Waals surface area contributed by atoms with Crippen LogP contribution in [0.15, 0.2) is 53.7 Å². The molecule has 3 aromatic rings. The standard InChI is InChI=1S/C19H22N2O3S/c1-14-6-8-16(9-7-14)24-10-11-25-19-20-17-4-2-3-5-18(17)21(19)12-15(23)13-22/h2-9,15,22-23H,10-13H2,1H3/t15-/m1/s1. The summed E-state index contributed by atoms with van der Waals surface area (Å²) in [5.74, 6) is 1.60. The maximum absolute atomic E-state index is 9.82. The highest BCUT2D eigenvalue weighted by atomic mass is 32.2. The number of aryl methyl sites for hydroxylation is 1. The van der Waals surface area contributed by atoms with Crippen LogP contribution in [-0.4, -0.2) is 44.8 Å². The van der Waals surface area contributed by atoms with Crippen molar-refractivity contribution in [2.75, 3.05) is 19.0 Å². The topological polar surface area (TPSA) is 67.5 Å². The molecule has 0 aliphatic heterocycles. The molecule has 0 saturated heterocycles. The summed E-state index contributed by atoms with van der Waals surface area (Å²) in [5, 5.41) is 19.8. The van der Waals surface area contributed by atoms with E-state index in [0.29, 0.717) is 13.2 Å². The van der Waals surface area contributed by atoms with E-state index in [4.69, 9.17) is 9.84 Å². The highest BCUT2D eigenvalue weighted by Crippen LogP contribution is 2.24. The summed E-state index contributed by atoms with van der Waals surface area (Å²) in [7, 11) is 0. The van der Waals surface area contributed by atoms with Crippen LogP contribution in [0, 0.1) is 6.92 Å². The fraction of sp³-hybridized carbons (Fsp3) is 0.316. The second-order valence-electron chi connectivity index (χ2n) is 5.84. The van der Waals surface area contributed by atoms with Gasteiger partial charge in [0.2, 0.25) is 0 Å². The van der Waals surface area contributed by atoms with Crippen LogP contribution < -0.4 is 4.74 Å². The number of imidazole rings is 1. The predicted molar refractivity (Wildman–Crippen MR) is 100 cm³/mol. The number of rotatable bonds is 8. The van der Waals surface area contributed by atoms with Crippen molar-refractivity contribution >= 4 is 22.8 Å². The van der Waals surface area contributed by atoms with Crippen molar-refractivity contribution in [1.82, 2.24) is 9.55 Å². The summed E-state index contributed by atoms with van der Waals surface area (Å²) in [6.45, 7) is 2.66. The number of aliphatic hydroxyl groups is 2. The van der Waals surface area contributed by atoms with Gasteiger partial charge in [-0.1, -0.05) is 41.6 Å². The van der Waals surface area contributed by atoms with E-state index in [1.54, 1.807) is 11.8 Å². The zero-order valence-electron chi connectivity index (χ0n) is 14.1. The van der Waals surface area contributed by atoms with Crippen LogP contribution in [0.1, 0.15) is 5.56 Å². The smallest absolute Gasteiger partial charge is 0.169 e. The molecule has 0 spiro atoms. The number of aliphatic hydroxyl groups excluding tert-OH is 2. The second-order valence-corrected chi connectivity index (χ2v) is 6.90. The van der Waals surface area contributed by atoms with Crippen LogP contribution in [0.5, 0.6) is 5.75 Å². The number of hydrogen-bond donors (Lipinski definition) is 2. The normalized spacial score (nSPS) is 12.4. The Bertz CT molecular complexity index is 817. The summed E-state index contributed by atoms with van der Waals surface area (Å²) in [6, 6.07) is 15.8. The lowest BCUT2D eigenvalue weighted by atomic mass is 10.2. The first-order valence-electron chi connectivity index (χ1n) is 8.24.